The van der Waals surface area contributed by atoms with Gasteiger partial charge in [0.1, 0.15) is 0 Å². The molecular formula is C12H14Br2N2O. The maximum Gasteiger partial charge on any atom is 0.238 e. The van der Waals surface area contributed by atoms with Crippen molar-refractivity contribution in [3.63, 3.8) is 0 Å². The van der Waals surface area contributed by atoms with E-state index in [1.807, 2.05) is 18.2 Å². The van der Waals surface area contributed by atoms with Crippen LogP contribution in [0.3, 0.4) is 0 Å². The van der Waals surface area contributed by atoms with Gasteiger partial charge in [-0.15, -0.1) is 0 Å². The molecule has 1 aromatic rings. The number of hydrogen-bond donors (Lipinski definition) is 1. The van der Waals surface area contributed by atoms with Crippen LogP contribution in [0, 0.1) is 0 Å². The maximum atomic E-state index is 11.8. The number of halogens is 2. The number of carbonyl (C=O) groups is 1. The molecule has 1 aromatic carbocycles. The molecule has 17 heavy (non-hydrogen) atoms. The lowest BCUT2D eigenvalue weighted by Crippen LogP contribution is -2.30. The molecule has 0 bridgehead atoms. The summed E-state index contributed by atoms with van der Waals surface area (Å²) >= 11 is 6.81. The van der Waals surface area contributed by atoms with Gasteiger partial charge in [0.25, 0.3) is 0 Å². The molecule has 92 valence electrons. The molecular weight excluding hydrogens is 348 g/mol. The fourth-order valence-electron chi connectivity index (χ4n) is 1.93. The third-order valence-corrected chi connectivity index (χ3v) is 3.95. The van der Waals surface area contributed by atoms with Crippen LogP contribution in [0.5, 0.6) is 0 Å². The Morgan fingerprint density at radius 2 is 2.00 bits per heavy atom. The average molecular weight is 362 g/mol. The van der Waals surface area contributed by atoms with E-state index in [-0.39, 0.29) is 5.91 Å². The van der Waals surface area contributed by atoms with E-state index in [9.17, 15) is 4.79 Å². The zero-order valence-corrected chi connectivity index (χ0v) is 12.6. The minimum atomic E-state index is 0.0469. The number of carbonyl (C=O) groups excluding carboxylic acids is 1. The van der Waals surface area contributed by atoms with Gasteiger partial charge in [-0.1, -0.05) is 15.9 Å². The zero-order chi connectivity index (χ0) is 12.3. The molecule has 0 aromatic heterocycles. The summed E-state index contributed by atoms with van der Waals surface area (Å²) in [4.78, 5) is 14.0. The van der Waals surface area contributed by atoms with Crippen LogP contribution in [0.15, 0.2) is 27.1 Å². The largest absolute Gasteiger partial charge is 0.324 e. The Balaban J connectivity index is 1.95. The molecule has 1 amide bonds. The molecule has 1 saturated heterocycles. The maximum absolute atomic E-state index is 11.8. The molecule has 0 radical (unpaired) electrons. The van der Waals surface area contributed by atoms with Crippen molar-refractivity contribution in [1.82, 2.24) is 4.90 Å². The van der Waals surface area contributed by atoms with Crippen LogP contribution >= 0.6 is 31.9 Å². The Kier molecular flexibility index (Phi) is 4.59. The van der Waals surface area contributed by atoms with Gasteiger partial charge < -0.3 is 5.32 Å². The van der Waals surface area contributed by atoms with E-state index in [0.29, 0.717) is 6.54 Å². The van der Waals surface area contributed by atoms with Gasteiger partial charge in [0.15, 0.2) is 0 Å². The number of nitrogens with zero attached hydrogens (tertiary/aromatic N) is 1. The average Bonchev–Trinajstić information content (AvgIpc) is 2.76. The summed E-state index contributed by atoms with van der Waals surface area (Å²) in [6.07, 6.45) is 2.40. The lowest BCUT2D eigenvalue weighted by Gasteiger charge is -2.14. The molecule has 2 rings (SSSR count). The third kappa shape index (κ3) is 3.79. The first-order chi connectivity index (χ1) is 8.15. The first-order valence-corrected chi connectivity index (χ1v) is 7.21. The summed E-state index contributed by atoms with van der Waals surface area (Å²) in [5, 5.41) is 2.92. The molecule has 0 saturated carbocycles. The quantitative estimate of drug-likeness (QED) is 0.896. The number of benzene rings is 1. The highest BCUT2D eigenvalue weighted by atomic mass is 79.9. The number of nitrogens with one attached hydrogen (secondary N) is 1. The Morgan fingerprint density at radius 1 is 1.29 bits per heavy atom. The molecule has 1 N–H and O–H groups in total. The Labute approximate surface area is 118 Å². The van der Waals surface area contributed by atoms with Crippen molar-refractivity contribution in [3.8, 4) is 0 Å². The van der Waals surface area contributed by atoms with E-state index in [2.05, 4.69) is 42.1 Å². The molecule has 3 nitrogen and oxygen atoms in total. The lowest BCUT2D eigenvalue weighted by atomic mass is 10.3. The van der Waals surface area contributed by atoms with Gasteiger partial charge in [0, 0.05) is 8.95 Å². The van der Waals surface area contributed by atoms with Gasteiger partial charge in [-0.25, -0.2) is 0 Å². The Morgan fingerprint density at radius 3 is 2.71 bits per heavy atom. The highest BCUT2D eigenvalue weighted by Crippen LogP contribution is 2.26. The van der Waals surface area contributed by atoms with Crippen LogP contribution in [0.2, 0.25) is 0 Å². The van der Waals surface area contributed by atoms with Crippen molar-refractivity contribution >= 4 is 43.5 Å². The summed E-state index contributed by atoms with van der Waals surface area (Å²) < 4.78 is 1.85. The normalized spacial score (nSPS) is 16.1. The van der Waals surface area contributed by atoms with E-state index in [1.54, 1.807) is 0 Å². The molecule has 1 aliphatic rings. The highest BCUT2D eigenvalue weighted by molar-refractivity contribution is 9.11. The molecule has 1 heterocycles. The van der Waals surface area contributed by atoms with E-state index >= 15 is 0 Å². The minimum Gasteiger partial charge on any atom is -0.324 e. The van der Waals surface area contributed by atoms with Crippen molar-refractivity contribution in [3.05, 3.63) is 27.1 Å². The molecule has 0 spiro atoms. The molecule has 0 aliphatic carbocycles. The van der Waals surface area contributed by atoms with Gasteiger partial charge in [-0.3, -0.25) is 9.69 Å². The summed E-state index contributed by atoms with van der Waals surface area (Å²) in [6, 6.07) is 5.74. The Bertz CT molecular complexity index is 417. The predicted octanol–water partition coefficient (Wildman–Crippen LogP) is 3.25. The second kappa shape index (κ2) is 5.98. The highest BCUT2D eigenvalue weighted by Gasteiger charge is 2.15. The lowest BCUT2D eigenvalue weighted by molar-refractivity contribution is -0.117. The van der Waals surface area contributed by atoms with Gasteiger partial charge >= 0.3 is 0 Å². The monoisotopic (exact) mass is 360 g/mol. The van der Waals surface area contributed by atoms with Gasteiger partial charge in [-0.2, -0.15) is 0 Å². The molecule has 0 unspecified atom stereocenters. The van der Waals surface area contributed by atoms with Crippen LogP contribution in [-0.2, 0) is 4.79 Å². The zero-order valence-electron chi connectivity index (χ0n) is 9.38. The van der Waals surface area contributed by atoms with Crippen molar-refractivity contribution in [2.45, 2.75) is 12.8 Å². The fourth-order valence-corrected chi connectivity index (χ4v) is 2.63. The fraction of sp³-hybridized carbons (Fsp3) is 0.417. The summed E-state index contributed by atoms with van der Waals surface area (Å²) in [7, 11) is 0. The smallest absolute Gasteiger partial charge is 0.238 e. The topological polar surface area (TPSA) is 32.3 Å². The third-order valence-electron chi connectivity index (χ3n) is 2.77. The van der Waals surface area contributed by atoms with Gasteiger partial charge in [0.2, 0.25) is 5.91 Å². The number of anilines is 1. The van der Waals surface area contributed by atoms with E-state index in [1.165, 1.54) is 12.8 Å². The predicted molar refractivity (Wildman–Crippen MR) is 76.1 cm³/mol. The van der Waals surface area contributed by atoms with Gasteiger partial charge in [0.05, 0.1) is 12.2 Å². The number of likely N-dealkylation sites (tertiary alicyclic amines) is 1. The minimum absolute atomic E-state index is 0.0469. The van der Waals surface area contributed by atoms with Crippen molar-refractivity contribution in [1.29, 1.82) is 0 Å². The molecule has 5 heteroatoms. The van der Waals surface area contributed by atoms with E-state index in [4.69, 9.17) is 0 Å². The van der Waals surface area contributed by atoms with E-state index < -0.39 is 0 Å². The molecule has 1 aliphatic heterocycles. The van der Waals surface area contributed by atoms with Crippen molar-refractivity contribution < 1.29 is 4.79 Å². The van der Waals surface area contributed by atoms with E-state index in [0.717, 1.165) is 27.7 Å². The standard InChI is InChI=1S/C12H14Br2N2O/c13-9-3-4-10(14)11(7-9)15-12(17)8-16-5-1-2-6-16/h3-4,7H,1-2,5-6,8H2,(H,15,17). The van der Waals surface area contributed by atoms with Crippen molar-refractivity contribution in [2.75, 3.05) is 25.0 Å². The second-order valence-corrected chi connectivity index (χ2v) is 5.93. The first kappa shape index (κ1) is 13.1. The van der Waals surface area contributed by atoms with Crippen LogP contribution in [0.25, 0.3) is 0 Å². The van der Waals surface area contributed by atoms with Gasteiger partial charge in [-0.05, 0) is 60.1 Å². The van der Waals surface area contributed by atoms with Crippen LogP contribution in [-0.4, -0.2) is 30.4 Å². The SMILES string of the molecule is O=C(CN1CCCC1)Nc1cc(Br)ccc1Br. The first-order valence-electron chi connectivity index (χ1n) is 5.62. The second-order valence-electron chi connectivity index (χ2n) is 4.16. The molecule has 0 atom stereocenters. The summed E-state index contributed by atoms with van der Waals surface area (Å²) in [6.45, 7) is 2.55. The number of amides is 1. The van der Waals surface area contributed by atoms with Crippen LogP contribution in [0.1, 0.15) is 12.8 Å². The molecule has 1 fully saturated rings. The number of hydrogen-bond acceptors (Lipinski definition) is 2. The van der Waals surface area contributed by atoms with Crippen molar-refractivity contribution in [2.24, 2.45) is 0 Å². The summed E-state index contributed by atoms with van der Waals surface area (Å²) in [5.74, 6) is 0.0469. The number of rotatable bonds is 3. The summed E-state index contributed by atoms with van der Waals surface area (Å²) in [5.41, 5.74) is 0.809. The Hall–Kier alpha value is -0.390. The van der Waals surface area contributed by atoms with Crippen LogP contribution < -0.4 is 5.32 Å². The van der Waals surface area contributed by atoms with Crippen LogP contribution in [0.4, 0.5) is 5.69 Å².